The molecule has 0 spiro atoms. The number of nitrogens with zero attached hydrogens (tertiary/aromatic N) is 3. The first-order chi connectivity index (χ1) is 20.8. The molecule has 6 rings (SSSR count). The van der Waals surface area contributed by atoms with E-state index < -0.39 is 83.0 Å². The van der Waals surface area contributed by atoms with Crippen LogP contribution in [0.3, 0.4) is 0 Å². The lowest BCUT2D eigenvalue weighted by Crippen LogP contribution is -2.35. The number of alkyl halides is 4. The number of primary amides is 1. The third-order valence-corrected chi connectivity index (χ3v) is 7.87. The number of hydrogen-bond acceptors (Lipinski definition) is 4. The summed E-state index contributed by atoms with van der Waals surface area (Å²) in [6.45, 7) is -0.858. The lowest BCUT2D eigenvalue weighted by molar-refractivity contribution is -0.123. The number of halogens is 7. The molecule has 2 heterocycles. The molecule has 2 aromatic carbocycles. The number of pyridine rings is 1. The highest BCUT2D eigenvalue weighted by atomic mass is 19.3. The van der Waals surface area contributed by atoms with Crippen LogP contribution in [-0.2, 0) is 23.7 Å². The lowest BCUT2D eigenvalue weighted by Gasteiger charge is -2.22. The summed E-state index contributed by atoms with van der Waals surface area (Å²) in [6.07, 6.45) is -1.98. The maximum Gasteiger partial charge on any atom is 0.293 e. The van der Waals surface area contributed by atoms with Crippen LogP contribution in [0.25, 0.3) is 11.1 Å². The maximum atomic E-state index is 15.0. The Morgan fingerprint density at radius 2 is 1.77 bits per heavy atom. The Labute approximate surface area is 244 Å². The predicted octanol–water partition coefficient (Wildman–Crippen LogP) is 5.71. The van der Waals surface area contributed by atoms with Crippen LogP contribution < -0.4 is 11.1 Å². The second-order valence-corrected chi connectivity index (χ2v) is 10.8. The summed E-state index contributed by atoms with van der Waals surface area (Å²) >= 11 is 0. The van der Waals surface area contributed by atoms with Crippen LogP contribution in [0.4, 0.5) is 30.7 Å². The van der Waals surface area contributed by atoms with Gasteiger partial charge in [-0.15, -0.1) is 0 Å². The summed E-state index contributed by atoms with van der Waals surface area (Å²) in [6, 6.07) is 8.08. The molecule has 3 unspecified atom stereocenters. The number of carbonyl (C=O) groups excluding carboxylic acids is 2. The summed E-state index contributed by atoms with van der Waals surface area (Å²) < 4.78 is 100. The number of hydrogen-bond donors (Lipinski definition) is 2. The van der Waals surface area contributed by atoms with Crippen molar-refractivity contribution in [1.29, 1.82) is 0 Å². The highest BCUT2D eigenvalue weighted by Crippen LogP contribution is 2.68. The first-order valence-electron chi connectivity index (χ1n) is 13.4. The zero-order valence-corrected chi connectivity index (χ0v) is 22.5. The van der Waals surface area contributed by atoms with Crippen LogP contribution in [0.1, 0.15) is 63.4 Å². The molecule has 0 bridgehead atoms. The van der Waals surface area contributed by atoms with Gasteiger partial charge in [-0.05, 0) is 60.2 Å². The van der Waals surface area contributed by atoms with E-state index in [2.05, 4.69) is 15.4 Å². The van der Waals surface area contributed by atoms with E-state index in [9.17, 15) is 31.5 Å². The van der Waals surface area contributed by atoms with Gasteiger partial charge in [0, 0.05) is 29.3 Å². The van der Waals surface area contributed by atoms with E-state index in [-0.39, 0.29) is 40.8 Å². The average molecular weight is 618 g/mol. The number of fused-ring (bicyclic) bond motifs is 3. The molecule has 2 aliphatic rings. The van der Waals surface area contributed by atoms with Gasteiger partial charge in [-0.25, -0.2) is 22.0 Å². The van der Waals surface area contributed by atoms with Gasteiger partial charge in [0.05, 0.1) is 17.3 Å². The van der Waals surface area contributed by atoms with Gasteiger partial charge in [0.1, 0.15) is 35.4 Å². The summed E-state index contributed by atoms with van der Waals surface area (Å²) in [5.74, 6) is -9.98. The minimum atomic E-state index is -3.45. The minimum absolute atomic E-state index is 0.0488. The van der Waals surface area contributed by atoms with Gasteiger partial charge < -0.3 is 11.1 Å². The molecule has 3 atom stereocenters. The van der Waals surface area contributed by atoms with Gasteiger partial charge in [-0.2, -0.15) is 13.9 Å². The highest BCUT2D eigenvalue weighted by molar-refractivity contribution is 5.94. The van der Waals surface area contributed by atoms with E-state index in [0.717, 1.165) is 18.2 Å². The number of rotatable bonds is 9. The normalized spacial score (nSPS) is 18.5. The molecule has 2 aromatic heterocycles. The zero-order valence-electron chi connectivity index (χ0n) is 22.5. The smallest absolute Gasteiger partial charge is 0.293 e. The number of benzene rings is 2. The van der Waals surface area contributed by atoms with Gasteiger partial charge >= 0.3 is 0 Å². The topological polar surface area (TPSA) is 103 Å². The Balaban J connectivity index is 1.37. The average Bonchev–Trinajstić information content (AvgIpc) is 3.61. The van der Waals surface area contributed by atoms with Crippen molar-refractivity contribution >= 4 is 11.8 Å². The van der Waals surface area contributed by atoms with Crippen molar-refractivity contribution in [1.82, 2.24) is 20.1 Å². The van der Waals surface area contributed by atoms with Crippen LogP contribution in [0.2, 0.25) is 0 Å². The van der Waals surface area contributed by atoms with E-state index in [1.807, 2.05) is 0 Å². The summed E-state index contributed by atoms with van der Waals surface area (Å²) in [5.41, 5.74) is 3.85. The molecule has 14 heteroatoms. The fourth-order valence-electron chi connectivity index (χ4n) is 5.95. The number of nitrogens with two attached hydrogens (primary N) is 1. The largest absolute Gasteiger partial charge is 0.366 e. The second kappa shape index (κ2) is 10.8. The fraction of sp³-hybridized carbons (Fsp3) is 0.267. The van der Waals surface area contributed by atoms with Crippen molar-refractivity contribution in [2.45, 2.75) is 43.7 Å². The molecule has 2 amide bonds. The number of carbonyl (C=O) groups is 2. The maximum absolute atomic E-state index is 15.0. The zero-order chi connectivity index (χ0) is 31.5. The van der Waals surface area contributed by atoms with Gasteiger partial charge in [0.25, 0.3) is 18.3 Å². The standard InChI is InChI=1S/C30H22F7N5O2/c31-15-6-13(7-16(32)10-15)8-22(25-17(2-1-5-39-25)14-3-4-21(33)19(9-14)29(38)44)40-23(43)12-42-27-24(26(41-42)28(34)35)18-11-20(18)30(27,36)37/h1-7,9-10,18,20,22,28H,8,11-12H2,(H2,38,44)(H,40,43). The number of nitrogens with one attached hydrogen (secondary N) is 1. The molecule has 3 N–H and O–H groups in total. The second-order valence-electron chi connectivity index (χ2n) is 10.8. The summed E-state index contributed by atoms with van der Waals surface area (Å²) in [7, 11) is 0. The molecule has 7 nitrogen and oxygen atoms in total. The predicted molar refractivity (Wildman–Crippen MR) is 141 cm³/mol. The molecule has 4 aromatic rings. The van der Waals surface area contributed by atoms with Crippen LogP contribution in [0.5, 0.6) is 0 Å². The van der Waals surface area contributed by atoms with Crippen molar-refractivity contribution in [3.63, 3.8) is 0 Å². The minimum Gasteiger partial charge on any atom is -0.366 e. The fourth-order valence-corrected chi connectivity index (χ4v) is 5.95. The van der Waals surface area contributed by atoms with Crippen molar-refractivity contribution in [2.75, 3.05) is 0 Å². The third-order valence-electron chi connectivity index (χ3n) is 7.87. The van der Waals surface area contributed by atoms with Gasteiger partial charge in [0.15, 0.2) is 0 Å². The first kappa shape index (κ1) is 29.3. The first-order valence-corrected chi connectivity index (χ1v) is 13.4. The lowest BCUT2D eigenvalue weighted by atomic mass is 9.94. The van der Waals surface area contributed by atoms with Crippen LogP contribution in [0.15, 0.2) is 54.7 Å². The van der Waals surface area contributed by atoms with Gasteiger partial charge in [0.2, 0.25) is 5.91 Å². The molecular formula is C30H22F7N5O2. The number of aromatic nitrogens is 3. The van der Waals surface area contributed by atoms with Crippen LogP contribution in [-0.4, -0.2) is 26.6 Å². The highest BCUT2D eigenvalue weighted by Gasteiger charge is 2.67. The van der Waals surface area contributed by atoms with Crippen LogP contribution in [0, 0.1) is 23.4 Å². The van der Waals surface area contributed by atoms with Gasteiger partial charge in [-0.3, -0.25) is 19.3 Å². The monoisotopic (exact) mass is 617 g/mol. The van der Waals surface area contributed by atoms with Crippen molar-refractivity contribution < 1.29 is 40.3 Å². The molecule has 1 fully saturated rings. The molecule has 2 aliphatic carbocycles. The Hall–Kier alpha value is -4.75. The van der Waals surface area contributed by atoms with Crippen molar-refractivity contribution in [2.24, 2.45) is 11.7 Å². The molecule has 44 heavy (non-hydrogen) atoms. The summed E-state index contributed by atoms with van der Waals surface area (Å²) in [5, 5.41) is 6.26. The Bertz CT molecular complexity index is 1790. The van der Waals surface area contributed by atoms with E-state index >= 15 is 8.78 Å². The van der Waals surface area contributed by atoms with Gasteiger partial charge in [-0.1, -0.05) is 12.1 Å². The van der Waals surface area contributed by atoms with E-state index in [4.69, 9.17) is 5.73 Å². The third kappa shape index (κ3) is 5.18. The Morgan fingerprint density at radius 1 is 1.05 bits per heavy atom. The Kier molecular flexibility index (Phi) is 7.17. The SMILES string of the molecule is NC(=O)c1cc(-c2cccnc2C(Cc2cc(F)cc(F)c2)NC(=O)Cn2nc(C(F)F)c3c2C(F)(F)C2CC32)ccc1F. The number of amides is 2. The molecular weight excluding hydrogens is 595 g/mol. The van der Waals surface area contributed by atoms with E-state index in [1.54, 1.807) is 0 Å². The summed E-state index contributed by atoms with van der Waals surface area (Å²) in [4.78, 5) is 29.4. The van der Waals surface area contributed by atoms with Crippen LogP contribution >= 0.6 is 0 Å². The Morgan fingerprint density at radius 3 is 2.45 bits per heavy atom. The van der Waals surface area contributed by atoms with Crippen molar-refractivity contribution in [3.05, 3.63) is 106 Å². The quantitative estimate of drug-likeness (QED) is 0.235. The van der Waals surface area contributed by atoms with E-state index in [1.165, 1.54) is 30.5 Å². The molecule has 1 saturated carbocycles. The van der Waals surface area contributed by atoms with E-state index in [0.29, 0.717) is 10.7 Å². The molecule has 0 saturated heterocycles. The molecule has 228 valence electrons. The van der Waals surface area contributed by atoms with Crippen molar-refractivity contribution in [3.8, 4) is 11.1 Å². The molecule has 0 aliphatic heterocycles. The molecule has 0 radical (unpaired) electrons.